The summed E-state index contributed by atoms with van der Waals surface area (Å²) >= 11 is 13.5. The van der Waals surface area contributed by atoms with Gasteiger partial charge in [-0.1, -0.05) is 35.3 Å². The van der Waals surface area contributed by atoms with E-state index in [1.165, 1.54) is 16.9 Å². The molecule has 5 heteroatoms. The van der Waals surface area contributed by atoms with E-state index in [4.69, 9.17) is 27.9 Å². The number of hydrogen-bond donors (Lipinski definition) is 1. The molecule has 0 aliphatic carbocycles. The van der Waals surface area contributed by atoms with Crippen molar-refractivity contribution in [3.05, 3.63) is 50.1 Å². The molecule has 1 aromatic heterocycles. The predicted molar refractivity (Wildman–Crippen MR) is 82.6 cm³/mol. The summed E-state index contributed by atoms with van der Waals surface area (Å²) in [4.78, 5) is 0. The van der Waals surface area contributed by atoms with Crippen molar-refractivity contribution in [1.82, 2.24) is 5.32 Å². The lowest BCUT2D eigenvalue weighted by molar-refractivity contribution is 0.414. The number of hydrogen-bond acceptors (Lipinski definition) is 3. The number of benzene rings is 1. The summed E-state index contributed by atoms with van der Waals surface area (Å²) in [6.07, 6.45) is 0. The Kier molecular flexibility index (Phi) is 5.11. The molecule has 0 saturated carbocycles. The lowest BCUT2D eigenvalue weighted by atomic mass is 10.1. The van der Waals surface area contributed by atoms with Crippen LogP contribution in [-0.4, -0.2) is 7.11 Å². The SMILES string of the molecule is COc1cccc(CNC(C)c2cc(Cl)sc2Cl)c1. The van der Waals surface area contributed by atoms with Crippen molar-refractivity contribution in [3.8, 4) is 5.75 Å². The first-order valence-corrected chi connectivity index (χ1v) is 7.48. The van der Waals surface area contributed by atoms with Crippen molar-refractivity contribution in [2.45, 2.75) is 19.5 Å². The van der Waals surface area contributed by atoms with Gasteiger partial charge in [-0.3, -0.25) is 0 Å². The Morgan fingerprint density at radius 3 is 2.74 bits per heavy atom. The molecular weight excluding hydrogens is 301 g/mol. The average Bonchev–Trinajstić information content (AvgIpc) is 2.75. The first-order valence-electron chi connectivity index (χ1n) is 5.91. The molecule has 0 bridgehead atoms. The molecule has 19 heavy (non-hydrogen) atoms. The molecule has 1 heterocycles. The second-order valence-corrected chi connectivity index (χ2v) is 6.52. The Bertz CT molecular complexity index is 556. The Hall–Kier alpha value is -0.740. The van der Waals surface area contributed by atoms with E-state index in [9.17, 15) is 0 Å². The highest BCUT2D eigenvalue weighted by molar-refractivity contribution is 7.20. The highest BCUT2D eigenvalue weighted by Crippen LogP contribution is 2.34. The van der Waals surface area contributed by atoms with Crippen molar-refractivity contribution in [3.63, 3.8) is 0 Å². The third-order valence-electron chi connectivity index (χ3n) is 2.90. The summed E-state index contributed by atoms with van der Waals surface area (Å²) < 4.78 is 6.67. The maximum Gasteiger partial charge on any atom is 0.119 e. The molecule has 1 unspecified atom stereocenters. The number of nitrogens with one attached hydrogen (secondary N) is 1. The fraction of sp³-hybridized carbons (Fsp3) is 0.286. The van der Waals surface area contributed by atoms with Gasteiger partial charge >= 0.3 is 0 Å². The number of rotatable bonds is 5. The summed E-state index contributed by atoms with van der Waals surface area (Å²) in [6.45, 7) is 2.83. The van der Waals surface area contributed by atoms with Crippen LogP contribution in [0.5, 0.6) is 5.75 Å². The zero-order chi connectivity index (χ0) is 13.8. The summed E-state index contributed by atoms with van der Waals surface area (Å²) in [5.74, 6) is 0.864. The first kappa shape index (κ1) is 14.7. The summed E-state index contributed by atoms with van der Waals surface area (Å²) in [6, 6.07) is 10.1. The van der Waals surface area contributed by atoms with Gasteiger partial charge in [0, 0.05) is 12.6 Å². The molecule has 0 amide bonds. The van der Waals surface area contributed by atoms with Gasteiger partial charge in [-0.25, -0.2) is 0 Å². The summed E-state index contributed by atoms with van der Waals surface area (Å²) in [7, 11) is 1.67. The monoisotopic (exact) mass is 315 g/mol. The Morgan fingerprint density at radius 1 is 1.32 bits per heavy atom. The molecule has 2 rings (SSSR count). The second kappa shape index (κ2) is 6.62. The maximum absolute atomic E-state index is 6.14. The van der Waals surface area contributed by atoms with E-state index in [1.54, 1.807) is 7.11 Å². The largest absolute Gasteiger partial charge is 0.497 e. The van der Waals surface area contributed by atoms with Gasteiger partial charge in [0.15, 0.2) is 0 Å². The number of halogens is 2. The van der Waals surface area contributed by atoms with Gasteiger partial charge < -0.3 is 10.1 Å². The zero-order valence-electron chi connectivity index (χ0n) is 10.7. The molecule has 0 saturated heterocycles. The van der Waals surface area contributed by atoms with Gasteiger partial charge in [0.1, 0.15) is 5.75 Å². The molecule has 1 aromatic carbocycles. The van der Waals surface area contributed by atoms with Crippen molar-refractivity contribution in [1.29, 1.82) is 0 Å². The van der Waals surface area contributed by atoms with Crippen LogP contribution in [0.2, 0.25) is 8.67 Å². The van der Waals surface area contributed by atoms with Gasteiger partial charge in [-0.05, 0) is 36.2 Å². The van der Waals surface area contributed by atoms with Crippen LogP contribution in [0.15, 0.2) is 30.3 Å². The van der Waals surface area contributed by atoms with E-state index in [1.807, 2.05) is 24.3 Å². The Labute approximate surface area is 127 Å². The molecular formula is C14H15Cl2NOS. The van der Waals surface area contributed by atoms with Crippen molar-refractivity contribution in [2.24, 2.45) is 0 Å². The quantitative estimate of drug-likeness (QED) is 0.846. The second-order valence-electron chi connectivity index (χ2n) is 4.23. The Morgan fingerprint density at radius 2 is 2.11 bits per heavy atom. The van der Waals surface area contributed by atoms with Crippen molar-refractivity contribution < 1.29 is 4.74 Å². The molecule has 0 aliphatic rings. The smallest absolute Gasteiger partial charge is 0.119 e. The van der Waals surface area contributed by atoms with E-state index in [0.717, 1.165) is 26.5 Å². The fourth-order valence-corrected chi connectivity index (χ4v) is 3.46. The van der Waals surface area contributed by atoms with E-state index in [0.29, 0.717) is 0 Å². The molecule has 102 valence electrons. The fourth-order valence-electron chi connectivity index (χ4n) is 1.81. The molecule has 2 aromatic rings. The third kappa shape index (κ3) is 3.86. The van der Waals surface area contributed by atoms with Gasteiger partial charge in [-0.15, -0.1) is 11.3 Å². The van der Waals surface area contributed by atoms with Crippen LogP contribution in [0.25, 0.3) is 0 Å². The van der Waals surface area contributed by atoms with Gasteiger partial charge in [0.2, 0.25) is 0 Å². The minimum Gasteiger partial charge on any atom is -0.497 e. The lowest BCUT2D eigenvalue weighted by Gasteiger charge is -2.13. The molecule has 0 aliphatic heterocycles. The highest BCUT2D eigenvalue weighted by atomic mass is 35.5. The average molecular weight is 316 g/mol. The first-order chi connectivity index (χ1) is 9.10. The van der Waals surface area contributed by atoms with Crippen LogP contribution in [0.1, 0.15) is 24.1 Å². The number of methoxy groups -OCH3 is 1. The molecule has 0 spiro atoms. The minimum atomic E-state index is 0.155. The van der Waals surface area contributed by atoms with Crippen molar-refractivity contribution >= 4 is 34.5 Å². The number of ether oxygens (including phenoxy) is 1. The van der Waals surface area contributed by atoms with Crippen LogP contribution in [0.4, 0.5) is 0 Å². The topological polar surface area (TPSA) is 21.3 Å². The van der Waals surface area contributed by atoms with Crippen LogP contribution in [-0.2, 0) is 6.54 Å². The standard InChI is InChI=1S/C14H15Cl2NOS/c1-9(12-7-13(15)19-14(12)16)17-8-10-4-3-5-11(6-10)18-2/h3-7,9,17H,8H2,1-2H3. The summed E-state index contributed by atoms with van der Waals surface area (Å²) in [5, 5.41) is 3.43. The molecule has 0 fully saturated rings. The third-order valence-corrected chi connectivity index (χ3v) is 4.41. The predicted octanol–water partition coefficient (Wildman–Crippen LogP) is 4.91. The van der Waals surface area contributed by atoms with E-state index < -0.39 is 0 Å². The van der Waals surface area contributed by atoms with Gasteiger partial charge in [0.25, 0.3) is 0 Å². The zero-order valence-corrected chi connectivity index (χ0v) is 13.1. The molecule has 1 N–H and O–H groups in total. The minimum absolute atomic E-state index is 0.155. The van der Waals surface area contributed by atoms with Gasteiger partial charge in [-0.2, -0.15) is 0 Å². The van der Waals surface area contributed by atoms with Crippen LogP contribution in [0.3, 0.4) is 0 Å². The van der Waals surface area contributed by atoms with E-state index in [2.05, 4.69) is 18.3 Å². The number of thiophene rings is 1. The molecule has 2 nitrogen and oxygen atoms in total. The van der Waals surface area contributed by atoms with E-state index in [-0.39, 0.29) is 6.04 Å². The van der Waals surface area contributed by atoms with E-state index >= 15 is 0 Å². The molecule has 0 radical (unpaired) electrons. The van der Waals surface area contributed by atoms with Crippen molar-refractivity contribution in [2.75, 3.05) is 7.11 Å². The highest BCUT2D eigenvalue weighted by Gasteiger charge is 2.12. The van der Waals surface area contributed by atoms with Crippen LogP contribution < -0.4 is 10.1 Å². The lowest BCUT2D eigenvalue weighted by Crippen LogP contribution is -2.17. The van der Waals surface area contributed by atoms with Crippen LogP contribution >= 0.6 is 34.5 Å². The van der Waals surface area contributed by atoms with Crippen LogP contribution in [0, 0.1) is 0 Å². The maximum atomic E-state index is 6.14. The Balaban J connectivity index is 2.00. The van der Waals surface area contributed by atoms with Gasteiger partial charge in [0.05, 0.1) is 15.8 Å². The normalized spacial score (nSPS) is 12.4. The summed E-state index contributed by atoms with van der Waals surface area (Å²) in [5.41, 5.74) is 2.21. The molecule has 1 atom stereocenters.